The zero-order valence-corrected chi connectivity index (χ0v) is 11.4. The summed E-state index contributed by atoms with van der Waals surface area (Å²) >= 11 is 3.36. The van der Waals surface area contributed by atoms with Crippen molar-refractivity contribution in [3.05, 3.63) is 40.4 Å². The third-order valence-electron chi connectivity index (χ3n) is 2.46. The quantitative estimate of drug-likeness (QED) is 0.871. The Morgan fingerprint density at radius 3 is 2.82 bits per heavy atom. The standard InChI is InChI=1S/C12H14BrN3O/c1-3-10-5-11(16(2)15-10)8-17-12-4-9(13)6-14-7-12/h4-7H,3,8H2,1-2H3. The van der Waals surface area contributed by atoms with E-state index in [2.05, 4.69) is 39.0 Å². The Bertz CT molecular complexity index is 510. The minimum absolute atomic E-state index is 0.502. The molecule has 5 heteroatoms. The molecule has 90 valence electrons. The molecule has 0 atom stereocenters. The minimum atomic E-state index is 0.502. The van der Waals surface area contributed by atoms with Crippen molar-refractivity contribution in [1.29, 1.82) is 0 Å². The van der Waals surface area contributed by atoms with Crippen molar-refractivity contribution >= 4 is 15.9 Å². The number of pyridine rings is 1. The first-order chi connectivity index (χ1) is 8.19. The average molecular weight is 296 g/mol. The molecule has 2 aromatic heterocycles. The van der Waals surface area contributed by atoms with Crippen LogP contribution in [0.5, 0.6) is 5.75 Å². The van der Waals surface area contributed by atoms with Gasteiger partial charge in [0.2, 0.25) is 0 Å². The monoisotopic (exact) mass is 295 g/mol. The van der Waals surface area contributed by atoms with Gasteiger partial charge in [0.25, 0.3) is 0 Å². The molecular weight excluding hydrogens is 282 g/mol. The lowest BCUT2D eigenvalue weighted by Crippen LogP contribution is -2.03. The van der Waals surface area contributed by atoms with Crippen LogP contribution in [0.15, 0.2) is 29.0 Å². The summed E-state index contributed by atoms with van der Waals surface area (Å²) in [5.74, 6) is 0.749. The molecule has 2 rings (SSSR count). The molecule has 0 spiro atoms. The van der Waals surface area contributed by atoms with Gasteiger partial charge >= 0.3 is 0 Å². The molecule has 0 saturated heterocycles. The van der Waals surface area contributed by atoms with E-state index < -0.39 is 0 Å². The van der Waals surface area contributed by atoms with Crippen LogP contribution in [0.4, 0.5) is 0 Å². The van der Waals surface area contributed by atoms with Gasteiger partial charge in [0.1, 0.15) is 12.4 Å². The third-order valence-corrected chi connectivity index (χ3v) is 2.89. The second kappa shape index (κ2) is 5.31. The Hall–Kier alpha value is -1.36. The highest BCUT2D eigenvalue weighted by Crippen LogP contribution is 2.17. The van der Waals surface area contributed by atoms with Gasteiger partial charge in [-0.2, -0.15) is 5.10 Å². The normalized spacial score (nSPS) is 10.5. The van der Waals surface area contributed by atoms with Crippen molar-refractivity contribution in [2.75, 3.05) is 0 Å². The maximum absolute atomic E-state index is 5.66. The molecule has 0 unspecified atom stereocenters. The lowest BCUT2D eigenvalue weighted by Gasteiger charge is -2.05. The zero-order valence-electron chi connectivity index (χ0n) is 9.85. The third kappa shape index (κ3) is 3.06. The van der Waals surface area contributed by atoms with Gasteiger partial charge in [-0.25, -0.2) is 0 Å². The van der Waals surface area contributed by atoms with Crippen LogP contribution in [0, 0.1) is 0 Å². The SMILES string of the molecule is CCc1cc(COc2cncc(Br)c2)n(C)n1. The summed E-state index contributed by atoms with van der Waals surface area (Å²) in [6, 6.07) is 3.95. The molecule has 17 heavy (non-hydrogen) atoms. The Morgan fingerprint density at radius 1 is 1.35 bits per heavy atom. The topological polar surface area (TPSA) is 39.9 Å². The lowest BCUT2D eigenvalue weighted by atomic mass is 10.3. The van der Waals surface area contributed by atoms with Crippen LogP contribution in [-0.4, -0.2) is 14.8 Å². The number of rotatable bonds is 4. The summed E-state index contributed by atoms with van der Waals surface area (Å²) in [5, 5.41) is 4.37. The van der Waals surface area contributed by atoms with E-state index in [0.717, 1.165) is 28.0 Å². The van der Waals surface area contributed by atoms with E-state index in [9.17, 15) is 0 Å². The van der Waals surface area contributed by atoms with E-state index in [1.54, 1.807) is 12.4 Å². The lowest BCUT2D eigenvalue weighted by molar-refractivity contribution is 0.293. The van der Waals surface area contributed by atoms with Crippen LogP contribution in [0.3, 0.4) is 0 Å². The molecule has 0 aromatic carbocycles. The van der Waals surface area contributed by atoms with Crippen LogP contribution >= 0.6 is 15.9 Å². The molecular formula is C12H14BrN3O. The summed E-state index contributed by atoms with van der Waals surface area (Å²) in [6.07, 6.45) is 4.36. The van der Waals surface area contributed by atoms with Gasteiger partial charge in [-0.05, 0) is 34.5 Å². The number of aryl methyl sites for hydroxylation is 2. The average Bonchev–Trinajstić information content (AvgIpc) is 2.68. The van der Waals surface area contributed by atoms with Gasteiger partial charge < -0.3 is 4.74 Å². The predicted octanol–water partition coefficient (Wildman–Crippen LogP) is 2.72. The number of halogens is 1. The molecule has 0 bridgehead atoms. The Kier molecular flexibility index (Phi) is 3.78. The van der Waals surface area contributed by atoms with Gasteiger partial charge in [0.15, 0.2) is 0 Å². The van der Waals surface area contributed by atoms with Gasteiger partial charge in [-0.1, -0.05) is 6.92 Å². The predicted molar refractivity (Wildman–Crippen MR) is 68.9 cm³/mol. The summed E-state index contributed by atoms with van der Waals surface area (Å²) in [7, 11) is 1.93. The highest BCUT2D eigenvalue weighted by molar-refractivity contribution is 9.10. The van der Waals surface area contributed by atoms with E-state index in [4.69, 9.17) is 4.74 Å². The largest absolute Gasteiger partial charge is 0.486 e. The highest BCUT2D eigenvalue weighted by Gasteiger charge is 2.04. The van der Waals surface area contributed by atoms with E-state index in [1.807, 2.05) is 17.8 Å². The van der Waals surface area contributed by atoms with Crippen LogP contribution in [0.25, 0.3) is 0 Å². The van der Waals surface area contributed by atoms with Crippen molar-refractivity contribution in [1.82, 2.24) is 14.8 Å². The van der Waals surface area contributed by atoms with E-state index in [0.29, 0.717) is 6.61 Å². The van der Waals surface area contributed by atoms with Gasteiger partial charge in [0, 0.05) is 17.7 Å². The van der Waals surface area contributed by atoms with Crippen LogP contribution in [-0.2, 0) is 20.1 Å². The minimum Gasteiger partial charge on any atom is -0.486 e. The molecule has 2 aromatic rings. The first kappa shape index (κ1) is 12.1. The molecule has 0 N–H and O–H groups in total. The molecule has 0 radical (unpaired) electrons. The number of ether oxygens (including phenoxy) is 1. The van der Waals surface area contributed by atoms with Crippen LogP contribution in [0.2, 0.25) is 0 Å². The molecule has 0 aliphatic rings. The number of hydrogen-bond donors (Lipinski definition) is 0. The van der Waals surface area contributed by atoms with Crippen molar-refractivity contribution < 1.29 is 4.74 Å². The fraction of sp³-hybridized carbons (Fsp3) is 0.333. The zero-order chi connectivity index (χ0) is 12.3. The number of hydrogen-bond acceptors (Lipinski definition) is 3. The van der Waals surface area contributed by atoms with Crippen molar-refractivity contribution in [2.24, 2.45) is 7.05 Å². The Labute approximate surface area is 109 Å². The molecule has 0 fully saturated rings. The summed E-state index contributed by atoms with van der Waals surface area (Å²) < 4.78 is 8.42. The van der Waals surface area contributed by atoms with Gasteiger partial charge in [-0.3, -0.25) is 9.67 Å². The van der Waals surface area contributed by atoms with Crippen molar-refractivity contribution in [3.8, 4) is 5.75 Å². The van der Waals surface area contributed by atoms with Crippen molar-refractivity contribution in [2.45, 2.75) is 20.0 Å². The maximum atomic E-state index is 5.66. The highest BCUT2D eigenvalue weighted by atomic mass is 79.9. The summed E-state index contributed by atoms with van der Waals surface area (Å²) in [4.78, 5) is 4.05. The molecule has 2 heterocycles. The fourth-order valence-electron chi connectivity index (χ4n) is 1.51. The summed E-state index contributed by atoms with van der Waals surface area (Å²) in [6.45, 7) is 2.59. The second-order valence-corrected chi connectivity index (χ2v) is 4.65. The van der Waals surface area contributed by atoms with E-state index in [-0.39, 0.29) is 0 Å². The van der Waals surface area contributed by atoms with E-state index in [1.165, 1.54) is 0 Å². The fourth-order valence-corrected chi connectivity index (χ4v) is 1.85. The first-order valence-electron chi connectivity index (χ1n) is 5.44. The second-order valence-electron chi connectivity index (χ2n) is 3.73. The van der Waals surface area contributed by atoms with E-state index >= 15 is 0 Å². The Balaban J connectivity index is 2.04. The smallest absolute Gasteiger partial charge is 0.139 e. The Morgan fingerprint density at radius 2 is 2.18 bits per heavy atom. The number of aromatic nitrogens is 3. The molecule has 0 amide bonds. The van der Waals surface area contributed by atoms with Crippen LogP contribution in [0.1, 0.15) is 18.3 Å². The summed E-state index contributed by atoms with van der Waals surface area (Å²) in [5.41, 5.74) is 2.14. The number of nitrogens with zero attached hydrogens (tertiary/aromatic N) is 3. The first-order valence-corrected chi connectivity index (χ1v) is 6.23. The van der Waals surface area contributed by atoms with Gasteiger partial charge in [-0.15, -0.1) is 0 Å². The molecule has 4 nitrogen and oxygen atoms in total. The molecule has 0 saturated carbocycles. The molecule has 0 aliphatic carbocycles. The van der Waals surface area contributed by atoms with Crippen LogP contribution < -0.4 is 4.74 Å². The van der Waals surface area contributed by atoms with Gasteiger partial charge in [0.05, 0.1) is 17.6 Å². The molecule has 0 aliphatic heterocycles. The van der Waals surface area contributed by atoms with Crippen molar-refractivity contribution in [3.63, 3.8) is 0 Å². The maximum Gasteiger partial charge on any atom is 0.139 e.